The first kappa shape index (κ1) is 10.6. The first-order valence-electron chi connectivity index (χ1n) is 5.39. The maximum absolute atomic E-state index is 9.13. The van der Waals surface area contributed by atoms with Gasteiger partial charge < -0.3 is 9.84 Å². The van der Waals surface area contributed by atoms with E-state index in [2.05, 4.69) is 10.3 Å². The lowest BCUT2D eigenvalue weighted by Crippen LogP contribution is -2.12. The molecular formula is C10H17N3O2. The molecule has 1 aromatic rings. The molecule has 5 nitrogen and oxygen atoms in total. The first-order chi connectivity index (χ1) is 7.36. The van der Waals surface area contributed by atoms with Crippen molar-refractivity contribution in [1.82, 2.24) is 15.0 Å². The lowest BCUT2D eigenvalue weighted by molar-refractivity contribution is 0.170. The van der Waals surface area contributed by atoms with Crippen molar-refractivity contribution in [2.45, 2.75) is 44.9 Å². The molecule has 0 saturated heterocycles. The Morgan fingerprint density at radius 3 is 2.80 bits per heavy atom. The second-order valence-electron chi connectivity index (χ2n) is 3.96. The Labute approximate surface area is 89.0 Å². The summed E-state index contributed by atoms with van der Waals surface area (Å²) in [5.41, 5.74) is 1.57. The average Bonchev–Trinajstić information content (AvgIpc) is 2.85. The number of methoxy groups -OCH3 is 1. The smallest absolute Gasteiger partial charge is 0.114 e. The van der Waals surface area contributed by atoms with Crippen molar-refractivity contribution in [2.24, 2.45) is 0 Å². The van der Waals surface area contributed by atoms with E-state index in [0.29, 0.717) is 18.3 Å². The van der Waals surface area contributed by atoms with Crippen LogP contribution in [-0.4, -0.2) is 27.2 Å². The second kappa shape index (κ2) is 4.72. The summed E-state index contributed by atoms with van der Waals surface area (Å²) in [5, 5.41) is 17.2. The van der Waals surface area contributed by atoms with Gasteiger partial charge in [-0.25, -0.2) is 4.68 Å². The van der Waals surface area contributed by atoms with Crippen LogP contribution in [0, 0.1) is 0 Å². The summed E-state index contributed by atoms with van der Waals surface area (Å²) in [4.78, 5) is 0. The van der Waals surface area contributed by atoms with Crippen LogP contribution >= 0.6 is 0 Å². The number of rotatable bonds is 4. The van der Waals surface area contributed by atoms with Gasteiger partial charge in [0.25, 0.3) is 0 Å². The minimum atomic E-state index is -0.0641. The van der Waals surface area contributed by atoms with Gasteiger partial charge in [0.2, 0.25) is 0 Å². The highest BCUT2D eigenvalue weighted by Crippen LogP contribution is 2.30. The topological polar surface area (TPSA) is 60.2 Å². The van der Waals surface area contributed by atoms with Crippen LogP contribution < -0.4 is 0 Å². The van der Waals surface area contributed by atoms with Crippen LogP contribution in [0.3, 0.4) is 0 Å². The Balaban J connectivity index is 2.24. The van der Waals surface area contributed by atoms with E-state index in [9.17, 15) is 0 Å². The van der Waals surface area contributed by atoms with Crippen LogP contribution in [0.15, 0.2) is 0 Å². The van der Waals surface area contributed by atoms with Gasteiger partial charge in [0.1, 0.15) is 5.69 Å². The first-order valence-corrected chi connectivity index (χ1v) is 5.39. The highest BCUT2D eigenvalue weighted by Gasteiger charge is 2.22. The molecule has 1 aliphatic carbocycles. The highest BCUT2D eigenvalue weighted by molar-refractivity contribution is 5.09. The molecule has 0 radical (unpaired) electrons. The van der Waals surface area contributed by atoms with Gasteiger partial charge in [0, 0.05) is 7.11 Å². The molecule has 1 heterocycles. The molecule has 0 bridgehead atoms. The monoisotopic (exact) mass is 211 g/mol. The number of ether oxygens (including phenoxy) is 1. The number of aromatic nitrogens is 3. The lowest BCUT2D eigenvalue weighted by atomic mass is 10.2. The van der Waals surface area contributed by atoms with Crippen LogP contribution in [0.4, 0.5) is 0 Å². The van der Waals surface area contributed by atoms with Crippen LogP contribution in [-0.2, 0) is 18.0 Å². The molecule has 84 valence electrons. The quantitative estimate of drug-likeness (QED) is 0.808. The molecule has 0 aromatic carbocycles. The standard InChI is InChI=1S/C10H17N3O2/c1-15-7-10-9(6-14)11-12-13(10)8-4-2-3-5-8/h8,14H,2-7H2,1H3. The van der Waals surface area contributed by atoms with E-state index in [-0.39, 0.29) is 6.61 Å². The molecule has 0 unspecified atom stereocenters. The third kappa shape index (κ3) is 2.03. The van der Waals surface area contributed by atoms with Gasteiger partial charge in [-0.2, -0.15) is 0 Å². The summed E-state index contributed by atoms with van der Waals surface area (Å²) in [7, 11) is 1.65. The third-order valence-electron chi connectivity index (χ3n) is 2.97. The van der Waals surface area contributed by atoms with Gasteiger partial charge in [-0.3, -0.25) is 0 Å². The Morgan fingerprint density at radius 2 is 2.20 bits per heavy atom. The van der Waals surface area contributed by atoms with Crippen LogP contribution in [0.25, 0.3) is 0 Å². The number of hydrogen-bond acceptors (Lipinski definition) is 4. The van der Waals surface area contributed by atoms with Gasteiger partial charge in [0.15, 0.2) is 0 Å². The Morgan fingerprint density at radius 1 is 1.47 bits per heavy atom. The van der Waals surface area contributed by atoms with E-state index in [1.165, 1.54) is 12.8 Å². The van der Waals surface area contributed by atoms with Crippen molar-refractivity contribution in [1.29, 1.82) is 0 Å². The Kier molecular flexibility index (Phi) is 3.33. The summed E-state index contributed by atoms with van der Waals surface area (Å²) >= 11 is 0. The second-order valence-corrected chi connectivity index (χ2v) is 3.96. The van der Waals surface area contributed by atoms with Gasteiger partial charge in [-0.1, -0.05) is 18.1 Å². The highest BCUT2D eigenvalue weighted by atomic mass is 16.5. The summed E-state index contributed by atoms with van der Waals surface area (Å²) in [6, 6.07) is 0.447. The summed E-state index contributed by atoms with van der Waals surface area (Å²) in [6.07, 6.45) is 4.83. The maximum Gasteiger partial charge on any atom is 0.114 e. The molecule has 1 N–H and O–H groups in total. The van der Waals surface area contributed by atoms with E-state index in [0.717, 1.165) is 18.5 Å². The molecule has 2 rings (SSSR count). The fraction of sp³-hybridized carbons (Fsp3) is 0.800. The van der Waals surface area contributed by atoms with Crippen molar-refractivity contribution >= 4 is 0 Å². The van der Waals surface area contributed by atoms with Gasteiger partial charge in [-0.05, 0) is 12.8 Å². The molecule has 1 fully saturated rings. The fourth-order valence-corrected chi connectivity index (χ4v) is 2.20. The van der Waals surface area contributed by atoms with Crippen molar-refractivity contribution in [3.05, 3.63) is 11.4 Å². The number of aliphatic hydroxyl groups is 1. The van der Waals surface area contributed by atoms with Gasteiger partial charge >= 0.3 is 0 Å². The van der Waals surface area contributed by atoms with Crippen LogP contribution in [0.5, 0.6) is 0 Å². The minimum Gasteiger partial charge on any atom is -0.390 e. The van der Waals surface area contributed by atoms with Crippen LogP contribution in [0.1, 0.15) is 43.1 Å². The molecule has 15 heavy (non-hydrogen) atoms. The number of nitrogens with zero attached hydrogens (tertiary/aromatic N) is 3. The van der Waals surface area contributed by atoms with E-state index >= 15 is 0 Å². The molecular weight excluding hydrogens is 194 g/mol. The molecule has 0 amide bonds. The van der Waals surface area contributed by atoms with Crippen molar-refractivity contribution in [2.75, 3.05) is 7.11 Å². The molecule has 1 saturated carbocycles. The Bertz CT molecular complexity index is 318. The zero-order valence-electron chi connectivity index (χ0n) is 9.02. The predicted octanol–water partition coefficient (Wildman–Crippen LogP) is 1.03. The summed E-state index contributed by atoms with van der Waals surface area (Å²) < 4.78 is 7.05. The predicted molar refractivity (Wildman–Crippen MR) is 54.2 cm³/mol. The van der Waals surface area contributed by atoms with Crippen molar-refractivity contribution in [3.8, 4) is 0 Å². The summed E-state index contributed by atoms with van der Waals surface area (Å²) in [6.45, 7) is 0.408. The number of hydrogen-bond donors (Lipinski definition) is 1. The maximum atomic E-state index is 9.13. The molecule has 1 aliphatic rings. The zero-order valence-corrected chi connectivity index (χ0v) is 9.02. The number of aliphatic hydroxyl groups excluding tert-OH is 1. The molecule has 1 aromatic heterocycles. The third-order valence-corrected chi connectivity index (χ3v) is 2.97. The Hall–Kier alpha value is -0.940. The zero-order chi connectivity index (χ0) is 10.7. The van der Waals surface area contributed by atoms with E-state index in [1.807, 2.05) is 4.68 Å². The molecule has 0 spiro atoms. The molecule has 5 heteroatoms. The largest absolute Gasteiger partial charge is 0.390 e. The van der Waals surface area contributed by atoms with Crippen molar-refractivity contribution in [3.63, 3.8) is 0 Å². The lowest BCUT2D eigenvalue weighted by Gasteiger charge is -2.12. The van der Waals surface area contributed by atoms with Gasteiger partial charge in [0.05, 0.1) is 24.9 Å². The molecule has 0 aliphatic heterocycles. The summed E-state index contributed by atoms with van der Waals surface area (Å²) in [5.74, 6) is 0. The van der Waals surface area contributed by atoms with E-state index in [1.54, 1.807) is 7.11 Å². The van der Waals surface area contributed by atoms with Crippen LogP contribution in [0.2, 0.25) is 0 Å². The SMILES string of the molecule is COCc1c(CO)nnn1C1CCCC1. The molecule has 0 atom stereocenters. The van der Waals surface area contributed by atoms with E-state index < -0.39 is 0 Å². The minimum absolute atomic E-state index is 0.0641. The van der Waals surface area contributed by atoms with Crippen molar-refractivity contribution < 1.29 is 9.84 Å². The fourth-order valence-electron chi connectivity index (χ4n) is 2.20. The average molecular weight is 211 g/mol. The van der Waals surface area contributed by atoms with Gasteiger partial charge in [-0.15, -0.1) is 5.10 Å². The normalized spacial score (nSPS) is 17.5. The van der Waals surface area contributed by atoms with E-state index in [4.69, 9.17) is 9.84 Å².